The third-order valence-electron chi connectivity index (χ3n) is 3.53. The van der Waals surface area contributed by atoms with E-state index in [-0.39, 0.29) is 18.0 Å². The SMILES string of the molecule is O=[N+]([O-])c1cc(S(=O)(=O)N2CCCCC2CO)ccc1O. The highest BCUT2D eigenvalue weighted by Crippen LogP contribution is 2.31. The van der Waals surface area contributed by atoms with Crippen LogP contribution in [0.4, 0.5) is 5.69 Å². The zero-order valence-electron chi connectivity index (χ0n) is 11.2. The van der Waals surface area contributed by atoms with Crippen molar-refractivity contribution in [1.29, 1.82) is 0 Å². The van der Waals surface area contributed by atoms with E-state index in [2.05, 4.69) is 0 Å². The highest BCUT2D eigenvalue weighted by molar-refractivity contribution is 7.89. The van der Waals surface area contributed by atoms with E-state index < -0.39 is 32.4 Å². The van der Waals surface area contributed by atoms with Gasteiger partial charge < -0.3 is 10.2 Å². The van der Waals surface area contributed by atoms with E-state index in [1.165, 1.54) is 4.31 Å². The van der Waals surface area contributed by atoms with Crippen LogP contribution in [-0.4, -0.2) is 47.1 Å². The van der Waals surface area contributed by atoms with E-state index in [0.29, 0.717) is 12.8 Å². The first kappa shape index (κ1) is 15.7. The van der Waals surface area contributed by atoms with Crippen molar-refractivity contribution in [3.8, 4) is 5.75 Å². The third-order valence-corrected chi connectivity index (χ3v) is 5.48. The molecule has 1 unspecified atom stereocenters. The van der Waals surface area contributed by atoms with E-state index in [9.17, 15) is 28.7 Å². The van der Waals surface area contributed by atoms with Gasteiger partial charge in [0.15, 0.2) is 5.75 Å². The molecule has 1 saturated heterocycles. The van der Waals surface area contributed by atoms with Crippen LogP contribution < -0.4 is 0 Å². The lowest BCUT2D eigenvalue weighted by Gasteiger charge is -2.33. The maximum Gasteiger partial charge on any atom is 0.312 e. The molecule has 2 N–H and O–H groups in total. The fourth-order valence-electron chi connectivity index (χ4n) is 2.42. The number of piperidine rings is 1. The van der Waals surface area contributed by atoms with Crippen molar-refractivity contribution in [2.75, 3.05) is 13.2 Å². The van der Waals surface area contributed by atoms with Crippen molar-refractivity contribution in [2.24, 2.45) is 0 Å². The zero-order valence-corrected chi connectivity index (χ0v) is 12.0. The maximum atomic E-state index is 12.6. The second-order valence-corrected chi connectivity index (χ2v) is 6.75. The van der Waals surface area contributed by atoms with Crippen molar-refractivity contribution >= 4 is 15.7 Å². The van der Waals surface area contributed by atoms with E-state index in [1.54, 1.807) is 0 Å². The first-order valence-electron chi connectivity index (χ1n) is 6.48. The van der Waals surface area contributed by atoms with Gasteiger partial charge in [0.05, 0.1) is 16.4 Å². The Labute approximate surface area is 121 Å². The first-order chi connectivity index (χ1) is 9.87. The molecule has 0 bridgehead atoms. The Kier molecular flexibility index (Phi) is 4.45. The Morgan fingerprint density at radius 1 is 1.38 bits per heavy atom. The zero-order chi connectivity index (χ0) is 15.6. The lowest BCUT2D eigenvalue weighted by Crippen LogP contribution is -2.45. The highest BCUT2D eigenvalue weighted by Gasteiger charge is 2.34. The molecule has 1 fully saturated rings. The van der Waals surface area contributed by atoms with E-state index in [0.717, 1.165) is 24.6 Å². The minimum absolute atomic E-state index is 0.257. The van der Waals surface area contributed by atoms with Crippen molar-refractivity contribution in [3.05, 3.63) is 28.3 Å². The Morgan fingerprint density at radius 3 is 2.71 bits per heavy atom. The third kappa shape index (κ3) is 2.99. The molecule has 116 valence electrons. The summed E-state index contributed by atoms with van der Waals surface area (Å²) in [5.74, 6) is -0.587. The molecular formula is C12H16N2O6S. The van der Waals surface area contributed by atoms with Crippen LogP contribution >= 0.6 is 0 Å². The second-order valence-electron chi connectivity index (χ2n) is 4.86. The molecule has 8 nitrogen and oxygen atoms in total. The van der Waals surface area contributed by atoms with Crippen LogP contribution in [0.25, 0.3) is 0 Å². The number of phenols is 1. The summed E-state index contributed by atoms with van der Waals surface area (Å²) in [5, 5.41) is 29.5. The Bertz CT molecular complexity index is 645. The molecule has 1 aromatic rings. The quantitative estimate of drug-likeness (QED) is 0.627. The van der Waals surface area contributed by atoms with Crippen LogP contribution in [0.3, 0.4) is 0 Å². The summed E-state index contributed by atoms with van der Waals surface area (Å²) in [5.41, 5.74) is -0.659. The number of nitrogens with zero attached hydrogens (tertiary/aromatic N) is 2. The molecular weight excluding hydrogens is 300 g/mol. The predicted octanol–water partition coefficient (Wildman–Crippen LogP) is 0.836. The van der Waals surface area contributed by atoms with Crippen LogP contribution in [0.2, 0.25) is 0 Å². The van der Waals surface area contributed by atoms with Crippen LogP contribution in [-0.2, 0) is 10.0 Å². The number of rotatable bonds is 4. The molecule has 1 atom stereocenters. The van der Waals surface area contributed by atoms with Gasteiger partial charge in [0, 0.05) is 18.7 Å². The van der Waals surface area contributed by atoms with Gasteiger partial charge in [-0.3, -0.25) is 10.1 Å². The Balaban J connectivity index is 2.43. The minimum Gasteiger partial charge on any atom is -0.502 e. The monoisotopic (exact) mass is 316 g/mol. The van der Waals surface area contributed by atoms with Crippen molar-refractivity contribution in [2.45, 2.75) is 30.2 Å². The van der Waals surface area contributed by atoms with Gasteiger partial charge in [-0.15, -0.1) is 0 Å². The molecule has 9 heteroatoms. The molecule has 0 saturated carbocycles. The number of aromatic hydroxyl groups is 1. The largest absolute Gasteiger partial charge is 0.502 e. The van der Waals surface area contributed by atoms with E-state index >= 15 is 0 Å². The first-order valence-corrected chi connectivity index (χ1v) is 7.92. The normalized spacial score (nSPS) is 20.3. The van der Waals surface area contributed by atoms with Gasteiger partial charge in [0.1, 0.15) is 0 Å². The number of phenolic OH excluding ortho intramolecular Hbond substituents is 1. The highest BCUT2D eigenvalue weighted by atomic mass is 32.2. The summed E-state index contributed by atoms with van der Waals surface area (Å²) in [7, 11) is -3.94. The molecule has 1 heterocycles. The molecule has 0 aromatic heterocycles. The number of aliphatic hydroxyl groups is 1. The standard InChI is InChI=1S/C12H16N2O6S/c15-8-9-3-1-2-6-13(9)21(19,20)10-4-5-12(16)11(7-10)14(17)18/h4-5,7,9,15-16H,1-3,6,8H2. The number of hydrogen-bond donors (Lipinski definition) is 2. The van der Waals surface area contributed by atoms with Gasteiger partial charge >= 0.3 is 5.69 Å². The molecule has 0 amide bonds. The number of nitro groups is 1. The molecule has 1 aromatic carbocycles. The Morgan fingerprint density at radius 2 is 2.10 bits per heavy atom. The summed E-state index contributed by atoms with van der Waals surface area (Å²) in [4.78, 5) is 9.70. The fourth-order valence-corrected chi connectivity index (χ4v) is 4.12. The molecule has 0 radical (unpaired) electrons. The fraction of sp³-hybridized carbons (Fsp3) is 0.500. The number of benzene rings is 1. The summed E-state index contributed by atoms with van der Waals surface area (Å²) in [6.07, 6.45) is 2.05. The molecule has 0 aliphatic carbocycles. The predicted molar refractivity (Wildman–Crippen MR) is 73.4 cm³/mol. The molecule has 21 heavy (non-hydrogen) atoms. The maximum absolute atomic E-state index is 12.6. The number of aliphatic hydroxyl groups excluding tert-OH is 1. The number of sulfonamides is 1. The number of nitro benzene ring substituents is 1. The summed E-state index contributed by atoms with van der Waals surface area (Å²) in [6, 6.07) is 2.44. The topological polar surface area (TPSA) is 121 Å². The van der Waals surface area contributed by atoms with Crippen LogP contribution in [0.5, 0.6) is 5.75 Å². The summed E-state index contributed by atoms with van der Waals surface area (Å²) < 4.78 is 26.3. The van der Waals surface area contributed by atoms with Gasteiger partial charge in [0.25, 0.3) is 0 Å². The molecule has 2 rings (SSSR count). The second kappa shape index (κ2) is 5.96. The van der Waals surface area contributed by atoms with Gasteiger partial charge in [-0.1, -0.05) is 6.42 Å². The van der Waals surface area contributed by atoms with Gasteiger partial charge in [-0.05, 0) is 25.0 Å². The molecule has 0 spiro atoms. The minimum atomic E-state index is -3.94. The summed E-state index contributed by atoms with van der Waals surface area (Å²) in [6.45, 7) is -0.0261. The van der Waals surface area contributed by atoms with Crippen molar-refractivity contribution in [1.82, 2.24) is 4.31 Å². The smallest absolute Gasteiger partial charge is 0.312 e. The lowest BCUT2D eigenvalue weighted by molar-refractivity contribution is -0.386. The molecule has 1 aliphatic rings. The average molecular weight is 316 g/mol. The number of hydrogen-bond acceptors (Lipinski definition) is 6. The van der Waals surface area contributed by atoms with E-state index in [1.807, 2.05) is 0 Å². The van der Waals surface area contributed by atoms with E-state index in [4.69, 9.17) is 0 Å². The molecule has 1 aliphatic heterocycles. The Hall–Kier alpha value is -1.71. The van der Waals surface area contributed by atoms with Crippen LogP contribution in [0, 0.1) is 10.1 Å². The van der Waals surface area contributed by atoms with Crippen molar-refractivity contribution in [3.63, 3.8) is 0 Å². The lowest BCUT2D eigenvalue weighted by atomic mass is 10.1. The summed E-state index contributed by atoms with van der Waals surface area (Å²) >= 11 is 0. The van der Waals surface area contributed by atoms with Crippen LogP contribution in [0.1, 0.15) is 19.3 Å². The van der Waals surface area contributed by atoms with Gasteiger partial charge in [0.2, 0.25) is 10.0 Å². The van der Waals surface area contributed by atoms with Crippen molar-refractivity contribution < 1.29 is 23.6 Å². The average Bonchev–Trinajstić information content (AvgIpc) is 2.47. The van der Waals surface area contributed by atoms with Crippen LogP contribution in [0.15, 0.2) is 23.1 Å². The van der Waals surface area contributed by atoms with Gasteiger partial charge in [-0.25, -0.2) is 8.42 Å². The van der Waals surface area contributed by atoms with Gasteiger partial charge in [-0.2, -0.15) is 4.31 Å².